The van der Waals surface area contributed by atoms with Crippen molar-refractivity contribution >= 4 is 40.7 Å². The van der Waals surface area contributed by atoms with Crippen LogP contribution < -0.4 is 10.6 Å². The van der Waals surface area contributed by atoms with Crippen LogP contribution in [-0.4, -0.2) is 72.0 Å². The fourth-order valence-electron chi connectivity index (χ4n) is 4.95. The number of halogens is 3. The van der Waals surface area contributed by atoms with Gasteiger partial charge in [-0.1, -0.05) is 53.4 Å². The van der Waals surface area contributed by atoms with E-state index in [2.05, 4.69) is 15.6 Å². The molecule has 1 aromatic heterocycles. The van der Waals surface area contributed by atoms with Crippen molar-refractivity contribution < 1.29 is 4.79 Å². The fraction of sp³-hybridized carbons (Fsp3) is 0.448. The monoisotopic (exact) mass is 590 g/mol. The molecule has 0 unspecified atom stereocenters. The minimum atomic E-state index is -0.0939. The molecule has 0 radical (unpaired) electrons. The summed E-state index contributed by atoms with van der Waals surface area (Å²) in [4.78, 5) is 14.2. The maximum atomic E-state index is 14.2. The van der Waals surface area contributed by atoms with Crippen LogP contribution in [0.15, 0.2) is 42.5 Å². The Balaban J connectivity index is 1.67. The highest BCUT2D eigenvalue weighted by molar-refractivity contribution is 6.35. The summed E-state index contributed by atoms with van der Waals surface area (Å²) in [6.07, 6.45) is 5.28. The third kappa shape index (κ3) is 7.54. The zero-order valence-corrected chi connectivity index (χ0v) is 24.9. The van der Waals surface area contributed by atoms with E-state index in [1.807, 2.05) is 49.3 Å². The van der Waals surface area contributed by atoms with Crippen LogP contribution in [-0.2, 0) is 0 Å². The Morgan fingerprint density at radius 3 is 2.33 bits per heavy atom. The van der Waals surface area contributed by atoms with Gasteiger partial charge >= 0.3 is 0 Å². The Labute approximate surface area is 246 Å². The number of benzene rings is 2. The molecule has 0 aliphatic carbocycles. The van der Waals surface area contributed by atoms with Crippen LogP contribution in [0.25, 0.3) is 16.9 Å². The van der Waals surface area contributed by atoms with Crippen LogP contribution in [0, 0.1) is 6.92 Å². The van der Waals surface area contributed by atoms with Gasteiger partial charge in [-0.25, -0.2) is 9.69 Å². The fourth-order valence-corrected chi connectivity index (χ4v) is 5.57. The summed E-state index contributed by atoms with van der Waals surface area (Å²) in [6, 6.07) is 12.8. The highest BCUT2D eigenvalue weighted by Gasteiger charge is 2.30. The van der Waals surface area contributed by atoms with E-state index in [0.29, 0.717) is 33.0 Å². The summed E-state index contributed by atoms with van der Waals surface area (Å²) >= 11 is 19.0. The van der Waals surface area contributed by atoms with Crippen molar-refractivity contribution in [2.75, 3.05) is 46.3 Å². The first-order valence-electron chi connectivity index (χ1n) is 13.6. The first-order valence-corrected chi connectivity index (χ1v) is 14.8. The first-order chi connectivity index (χ1) is 18.9. The Morgan fingerprint density at radius 2 is 1.64 bits per heavy atom. The average Bonchev–Trinajstić information content (AvgIpc) is 3.27. The van der Waals surface area contributed by atoms with E-state index in [1.165, 1.54) is 6.42 Å². The van der Waals surface area contributed by atoms with Gasteiger partial charge in [-0.2, -0.15) is 5.10 Å². The number of hydrogen-bond donors (Lipinski definition) is 2. The number of aromatic nitrogens is 2. The van der Waals surface area contributed by atoms with E-state index in [-0.39, 0.29) is 5.91 Å². The van der Waals surface area contributed by atoms with Crippen LogP contribution in [0.5, 0.6) is 0 Å². The number of nitrogens with one attached hydrogen (secondary N) is 2. The van der Waals surface area contributed by atoms with Crippen molar-refractivity contribution in [2.45, 2.75) is 39.0 Å². The molecule has 1 aliphatic rings. The molecule has 1 aliphatic heterocycles. The number of rotatable bonds is 12. The summed E-state index contributed by atoms with van der Waals surface area (Å²) in [5, 5.41) is 17.3. The Bertz CT molecular complexity index is 1240. The standard InChI is InChI=1S/C29H37Cl3N6O/c1-21-27(29(39)37(36-17-4-3-5-18-36)19-7-16-34-15-6-14-33-2)35-38(26-13-12-24(31)20-25(26)32)28(21)22-8-10-23(30)11-9-22/h8-13,20,33-34H,3-7,14-19H2,1-2H3. The van der Waals surface area contributed by atoms with Crippen LogP contribution in [0.4, 0.5) is 0 Å². The second-order valence-corrected chi connectivity index (χ2v) is 11.1. The number of carbonyl (C=O) groups excluding carboxylic acids is 1. The number of carbonyl (C=O) groups is 1. The minimum Gasteiger partial charge on any atom is -0.320 e. The van der Waals surface area contributed by atoms with Gasteiger partial charge in [0.05, 0.1) is 16.4 Å². The van der Waals surface area contributed by atoms with Crippen LogP contribution in [0.2, 0.25) is 15.1 Å². The molecule has 0 spiro atoms. The van der Waals surface area contributed by atoms with Crippen molar-refractivity contribution in [3.63, 3.8) is 0 Å². The molecule has 3 aromatic rings. The van der Waals surface area contributed by atoms with Crippen molar-refractivity contribution in [3.8, 4) is 16.9 Å². The highest BCUT2D eigenvalue weighted by Crippen LogP contribution is 2.34. The Kier molecular flexibility index (Phi) is 11.1. The summed E-state index contributed by atoms with van der Waals surface area (Å²) < 4.78 is 1.75. The lowest BCUT2D eigenvalue weighted by molar-refractivity contribution is -0.0223. The summed E-state index contributed by atoms with van der Waals surface area (Å²) in [7, 11) is 1.96. The highest BCUT2D eigenvalue weighted by atomic mass is 35.5. The van der Waals surface area contributed by atoms with Crippen molar-refractivity contribution in [2.24, 2.45) is 0 Å². The molecule has 2 heterocycles. The number of amides is 1. The molecule has 4 rings (SSSR count). The van der Waals surface area contributed by atoms with E-state index in [4.69, 9.17) is 39.9 Å². The predicted molar refractivity (Wildman–Crippen MR) is 161 cm³/mol. The van der Waals surface area contributed by atoms with E-state index in [1.54, 1.807) is 16.8 Å². The second-order valence-electron chi connectivity index (χ2n) is 9.84. The second kappa shape index (κ2) is 14.5. The molecular weight excluding hydrogens is 555 g/mol. The molecule has 10 heteroatoms. The van der Waals surface area contributed by atoms with Crippen LogP contribution in [0.3, 0.4) is 0 Å². The smallest absolute Gasteiger partial charge is 0.288 e. The molecule has 210 valence electrons. The van der Waals surface area contributed by atoms with Gasteiger partial charge in [-0.3, -0.25) is 9.80 Å². The molecule has 1 saturated heterocycles. The third-order valence-corrected chi connectivity index (χ3v) is 7.78. The van der Waals surface area contributed by atoms with Gasteiger partial charge in [-0.05, 0) is 89.6 Å². The lowest BCUT2D eigenvalue weighted by Gasteiger charge is -2.37. The van der Waals surface area contributed by atoms with E-state index >= 15 is 0 Å². The van der Waals surface area contributed by atoms with Gasteiger partial charge < -0.3 is 10.6 Å². The Morgan fingerprint density at radius 1 is 0.949 bits per heavy atom. The topological polar surface area (TPSA) is 65.4 Å². The van der Waals surface area contributed by atoms with Crippen molar-refractivity contribution in [3.05, 3.63) is 68.8 Å². The number of hydrogen-bond acceptors (Lipinski definition) is 5. The van der Waals surface area contributed by atoms with Gasteiger partial charge in [0.2, 0.25) is 0 Å². The number of hydrazine groups is 1. The molecule has 1 fully saturated rings. The van der Waals surface area contributed by atoms with Crippen molar-refractivity contribution in [1.29, 1.82) is 0 Å². The molecular formula is C29H37Cl3N6O. The molecule has 0 bridgehead atoms. The molecule has 7 nitrogen and oxygen atoms in total. The van der Waals surface area contributed by atoms with E-state index in [0.717, 1.165) is 75.2 Å². The summed E-state index contributed by atoms with van der Waals surface area (Å²) in [5.74, 6) is -0.0939. The van der Waals surface area contributed by atoms with Gasteiger partial charge in [0, 0.05) is 40.8 Å². The van der Waals surface area contributed by atoms with Crippen LogP contribution in [0.1, 0.15) is 48.2 Å². The van der Waals surface area contributed by atoms with Gasteiger partial charge in [0.25, 0.3) is 5.91 Å². The number of piperidine rings is 1. The quantitative estimate of drug-likeness (QED) is 0.244. The minimum absolute atomic E-state index is 0.0939. The van der Waals surface area contributed by atoms with E-state index in [9.17, 15) is 4.79 Å². The van der Waals surface area contributed by atoms with Gasteiger partial charge in [-0.15, -0.1) is 0 Å². The maximum absolute atomic E-state index is 14.2. The third-order valence-electron chi connectivity index (χ3n) is 6.99. The average molecular weight is 592 g/mol. The van der Waals surface area contributed by atoms with Gasteiger partial charge in [0.1, 0.15) is 0 Å². The zero-order valence-electron chi connectivity index (χ0n) is 22.7. The molecule has 0 saturated carbocycles. The first kappa shape index (κ1) is 29.8. The maximum Gasteiger partial charge on any atom is 0.288 e. The molecule has 39 heavy (non-hydrogen) atoms. The zero-order chi connectivity index (χ0) is 27.8. The Hall–Kier alpha value is -2.13. The molecule has 2 aromatic carbocycles. The normalized spacial score (nSPS) is 14.1. The molecule has 2 N–H and O–H groups in total. The lowest BCUT2D eigenvalue weighted by atomic mass is 10.1. The lowest BCUT2D eigenvalue weighted by Crippen LogP contribution is -2.50. The van der Waals surface area contributed by atoms with Gasteiger partial charge in [0.15, 0.2) is 5.69 Å². The molecule has 0 atom stereocenters. The SMILES string of the molecule is CNCCCNCCCN(C(=O)c1nn(-c2ccc(Cl)cc2Cl)c(-c2ccc(Cl)cc2)c1C)N1CCCCC1. The predicted octanol–water partition coefficient (Wildman–Crippen LogP) is 6.24. The largest absolute Gasteiger partial charge is 0.320 e. The summed E-state index contributed by atoms with van der Waals surface area (Å²) in [5.41, 5.74) is 3.55. The van der Waals surface area contributed by atoms with E-state index < -0.39 is 0 Å². The number of nitrogens with zero attached hydrogens (tertiary/aromatic N) is 4. The van der Waals surface area contributed by atoms with Crippen molar-refractivity contribution in [1.82, 2.24) is 30.4 Å². The van der Waals surface area contributed by atoms with Crippen LogP contribution >= 0.6 is 34.8 Å². The molecule has 1 amide bonds. The summed E-state index contributed by atoms with van der Waals surface area (Å²) in [6.45, 7) is 7.10.